The normalized spacial score (nSPS) is 23.6. The van der Waals surface area contributed by atoms with Crippen LogP contribution in [0.1, 0.15) is 87.2 Å². The lowest BCUT2D eigenvalue weighted by atomic mass is 9.80. The Morgan fingerprint density at radius 3 is 1.32 bits per heavy atom. The van der Waals surface area contributed by atoms with Crippen LogP contribution in [0.15, 0.2) is 12.1 Å². The van der Waals surface area contributed by atoms with Gasteiger partial charge in [0.2, 0.25) is 0 Å². The highest BCUT2D eigenvalue weighted by molar-refractivity contribution is 5.55. The van der Waals surface area contributed by atoms with Crippen LogP contribution in [0.3, 0.4) is 0 Å². The molecule has 0 unspecified atom stereocenters. The van der Waals surface area contributed by atoms with Crippen LogP contribution in [-0.4, -0.2) is 39.6 Å². The highest BCUT2D eigenvalue weighted by atomic mass is 16.6. The van der Waals surface area contributed by atoms with Crippen LogP contribution in [0.5, 0.6) is 11.5 Å². The van der Waals surface area contributed by atoms with Crippen molar-refractivity contribution >= 4 is 0 Å². The van der Waals surface area contributed by atoms with Crippen molar-refractivity contribution in [3.8, 4) is 11.5 Å². The molecule has 2 aliphatic carbocycles. The van der Waals surface area contributed by atoms with Crippen molar-refractivity contribution < 1.29 is 18.9 Å². The SMILES string of the molecule is c1cc(C2CCCCC2)c2c(c1C1CCCCC1)OCCOCCOCCO2. The first-order valence-electron chi connectivity index (χ1n) is 11.5. The summed E-state index contributed by atoms with van der Waals surface area (Å²) in [5, 5.41) is 0. The third-order valence-corrected chi connectivity index (χ3v) is 6.58. The second-order valence-electron chi connectivity index (χ2n) is 8.49. The van der Waals surface area contributed by atoms with E-state index in [0.717, 1.165) is 11.5 Å². The molecule has 0 spiro atoms. The van der Waals surface area contributed by atoms with Crippen LogP contribution in [-0.2, 0) is 9.47 Å². The molecule has 28 heavy (non-hydrogen) atoms. The van der Waals surface area contributed by atoms with E-state index in [0.29, 0.717) is 51.5 Å². The number of fused-ring (bicyclic) bond motifs is 1. The van der Waals surface area contributed by atoms with E-state index in [2.05, 4.69) is 12.1 Å². The lowest BCUT2D eigenvalue weighted by Gasteiger charge is -2.30. The van der Waals surface area contributed by atoms with Gasteiger partial charge in [0.05, 0.1) is 26.4 Å². The highest BCUT2D eigenvalue weighted by Gasteiger charge is 2.27. The number of rotatable bonds is 2. The Labute approximate surface area is 169 Å². The summed E-state index contributed by atoms with van der Waals surface area (Å²) in [6, 6.07) is 4.71. The molecule has 2 saturated carbocycles. The van der Waals surface area contributed by atoms with E-state index < -0.39 is 0 Å². The zero-order valence-electron chi connectivity index (χ0n) is 17.3. The van der Waals surface area contributed by atoms with Gasteiger partial charge in [-0.25, -0.2) is 0 Å². The molecule has 1 heterocycles. The molecule has 2 fully saturated rings. The lowest BCUT2D eigenvalue weighted by molar-refractivity contribution is 0.0218. The Hall–Kier alpha value is -1.26. The molecule has 0 N–H and O–H groups in total. The van der Waals surface area contributed by atoms with Gasteiger partial charge >= 0.3 is 0 Å². The summed E-state index contributed by atoms with van der Waals surface area (Å²) in [5.74, 6) is 3.19. The molecule has 0 amide bonds. The van der Waals surface area contributed by atoms with Gasteiger partial charge in [-0.3, -0.25) is 0 Å². The number of ether oxygens (including phenoxy) is 4. The first-order valence-corrected chi connectivity index (χ1v) is 11.5. The molecule has 0 saturated heterocycles. The predicted molar refractivity (Wildman–Crippen MR) is 111 cm³/mol. The topological polar surface area (TPSA) is 36.9 Å². The fourth-order valence-electron chi connectivity index (χ4n) is 5.09. The van der Waals surface area contributed by atoms with E-state index in [1.54, 1.807) is 0 Å². The summed E-state index contributed by atoms with van der Waals surface area (Å²) in [4.78, 5) is 0. The second-order valence-corrected chi connectivity index (χ2v) is 8.49. The summed E-state index contributed by atoms with van der Waals surface area (Å²) in [5.41, 5.74) is 2.71. The van der Waals surface area contributed by atoms with E-state index in [-0.39, 0.29) is 0 Å². The third kappa shape index (κ3) is 5.01. The summed E-state index contributed by atoms with van der Waals surface area (Å²) in [6.07, 6.45) is 13.1. The first kappa shape index (κ1) is 20.0. The molecule has 4 heteroatoms. The van der Waals surface area contributed by atoms with Crippen LogP contribution >= 0.6 is 0 Å². The minimum atomic E-state index is 0.574. The largest absolute Gasteiger partial charge is 0.487 e. The zero-order valence-corrected chi connectivity index (χ0v) is 17.3. The van der Waals surface area contributed by atoms with Gasteiger partial charge in [-0.15, -0.1) is 0 Å². The minimum absolute atomic E-state index is 0.574. The molecular weight excluding hydrogens is 352 g/mol. The Morgan fingerprint density at radius 2 is 0.893 bits per heavy atom. The van der Waals surface area contributed by atoms with Crippen molar-refractivity contribution in [3.63, 3.8) is 0 Å². The van der Waals surface area contributed by atoms with Gasteiger partial charge < -0.3 is 18.9 Å². The number of hydrogen-bond acceptors (Lipinski definition) is 4. The van der Waals surface area contributed by atoms with Gasteiger partial charge in [-0.05, 0) is 37.5 Å². The Balaban J connectivity index is 1.67. The average molecular weight is 389 g/mol. The summed E-state index contributed by atoms with van der Waals surface area (Å²) < 4.78 is 24.1. The molecule has 156 valence electrons. The molecule has 3 aliphatic rings. The number of benzene rings is 1. The highest BCUT2D eigenvalue weighted by Crippen LogP contribution is 2.47. The summed E-state index contributed by atoms with van der Waals surface area (Å²) >= 11 is 0. The van der Waals surface area contributed by atoms with Crippen LogP contribution < -0.4 is 9.47 Å². The molecule has 0 aromatic heterocycles. The quantitative estimate of drug-likeness (QED) is 0.662. The van der Waals surface area contributed by atoms with E-state index in [1.807, 2.05) is 0 Å². The Bertz CT molecular complexity index is 550. The van der Waals surface area contributed by atoms with Crippen molar-refractivity contribution in [1.82, 2.24) is 0 Å². The maximum atomic E-state index is 6.39. The zero-order chi connectivity index (χ0) is 19.0. The van der Waals surface area contributed by atoms with Crippen LogP contribution in [0.25, 0.3) is 0 Å². The molecule has 4 rings (SSSR count). The molecular formula is C24H36O4. The van der Waals surface area contributed by atoms with Gasteiger partial charge in [0.1, 0.15) is 13.2 Å². The van der Waals surface area contributed by atoms with Crippen LogP contribution in [0.4, 0.5) is 0 Å². The fourth-order valence-corrected chi connectivity index (χ4v) is 5.09. The van der Waals surface area contributed by atoms with Crippen molar-refractivity contribution in [2.45, 2.75) is 76.0 Å². The van der Waals surface area contributed by atoms with Gasteiger partial charge in [-0.2, -0.15) is 0 Å². The van der Waals surface area contributed by atoms with E-state index in [1.165, 1.54) is 75.3 Å². The molecule has 1 aromatic rings. The lowest BCUT2D eigenvalue weighted by Crippen LogP contribution is -2.18. The standard InChI is InChI=1S/C24H36O4/c1-3-7-19(8-4-1)21-11-12-22(20-9-5-2-6-10-20)24-23(21)27-17-15-25-13-14-26-16-18-28-24/h11-12,19-20H,1-10,13-18H2. The average Bonchev–Trinajstić information content (AvgIpc) is 2.75. The molecule has 0 atom stereocenters. The second kappa shape index (κ2) is 10.5. The maximum absolute atomic E-state index is 6.39. The van der Waals surface area contributed by atoms with Gasteiger partial charge in [0.15, 0.2) is 11.5 Å². The third-order valence-electron chi connectivity index (χ3n) is 6.58. The molecule has 1 aromatic carbocycles. The van der Waals surface area contributed by atoms with Crippen LogP contribution in [0.2, 0.25) is 0 Å². The first-order chi connectivity index (χ1) is 13.9. The molecule has 1 aliphatic heterocycles. The van der Waals surface area contributed by atoms with Crippen molar-refractivity contribution in [2.75, 3.05) is 39.6 Å². The van der Waals surface area contributed by atoms with E-state index >= 15 is 0 Å². The molecule has 0 bridgehead atoms. The molecule has 4 nitrogen and oxygen atoms in total. The van der Waals surface area contributed by atoms with E-state index in [9.17, 15) is 0 Å². The Morgan fingerprint density at radius 1 is 0.500 bits per heavy atom. The number of hydrogen-bond donors (Lipinski definition) is 0. The fraction of sp³-hybridized carbons (Fsp3) is 0.750. The van der Waals surface area contributed by atoms with Crippen molar-refractivity contribution in [2.24, 2.45) is 0 Å². The monoisotopic (exact) mass is 388 g/mol. The molecule has 0 radical (unpaired) electrons. The summed E-state index contributed by atoms with van der Waals surface area (Å²) in [7, 11) is 0. The van der Waals surface area contributed by atoms with Crippen molar-refractivity contribution in [1.29, 1.82) is 0 Å². The Kier molecular flexibility index (Phi) is 7.51. The van der Waals surface area contributed by atoms with E-state index in [4.69, 9.17) is 18.9 Å². The minimum Gasteiger partial charge on any atom is -0.487 e. The van der Waals surface area contributed by atoms with Crippen molar-refractivity contribution in [3.05, 3.63) is 23.3 Å². The van der Waals surface area contributed by atoms with Gasteiger partial charge in [-0.1, -0.05) is 50.7 Å². The maximum Gasteiger partial charge on any atom is 0.165 e. The summed E-state index contributed by atoms with van der Waals surface area (Å²) in [6.45, 7) is 3.58. The predicted octanol–water partition coefficient (Wildman–Crippen LogP) is 5.59. The van der Waals surface area contributed by atoms with Gasteiger partial charge in [0, 0.05) is 11.1 Å². The van der Waals surface area contributed by atoms with Crippen LogP contribution in [0, 0.1) is 0 Å². The smallest absolute Gasteiger partial charge is 0.165 e. The van der Waals surface area contributed by atoms with Gasteiger partial charge in [0.25, 0.3) is 0 Å².